The molecule has 0 fully saturated rings. The minimum absolute atomic E-state index is 0.0636. The molecular formula is C25H25ClF2N2O3. The molecule has 3 rings (SSSR count). The van der Waals surface area contributed by atoms with Gasteiger partial charge in [0, 0.05) is 47.3 Å². The number of benzene rings is 2. The molecule has 1 aromatic heterocycles. The van der Waals surface area contributed by atoms with E-state index in [0.29, 0.717) is 9.75 Å². The van der Waals surface area contributed by atoms with Gasteiger partial charge in [0.1, 0.15) is 17.4 Å². The number of pyridine rings is 1. The van der Waals surface area contributed by atoms with Crippen LogP contribution in [-0.4, -0.2) is 18.1 Å². The Labute approximate surface area is 196 Å². The summed E-state index contributed by atoms with van der Waals surface area (Å²) in [6.07, 6.45) is 2.86. The van der Waals surface area contributed by atoms with E-state index in [0.717, 1.165) is 29.3 Å². The molecule has 0 saturated carbocycles. The maximum absolute atomic E-state index is 13.5. The summed E-state index contributed by atoms with van der Waals surface area (Å²) >= 11 is 6.01. The summed E-state index contributed by atoms with van der Waals surface area (Å²) in [7, 11) is 0. The highest BCUT2D eigenvalue weighted by atomic mass is 35.5. The first-order valence-corrected chi connectivity index (χ1v) is 10.8. The lowest BCUT2D eigenvalue weighted by atomic mass is 9.83. The lowest BCUT2D eigenvalue weighted by molar-refractivity contribution is -0.606. The molecule has 1 amide bonds. The van der Waals surface area contributed by atoms with E-state index in [4.69, 9.17) is 16.3 Å². The maximum atomic E-state index is 13.5. The van der Waals surface area contributed by atoms with Gasteiger partial charge in [-0.1, -0.05) is 30.7 Å². The van der Waals surface area contributed by atoms with Gasteiger partial charge < -0.3 is 15.3 Å². The molecule has 0 radical (unpaired) electrons. The van der Waals surface area contributed by atoms with Gasteiger partial charge in [-0.05, 0) is 43.5 Å². The van der Waals surface area contributed by atoms with Crippen molar-refractivity contribution in [3.63, 3.8) is 0 Å². The van der Waals surface area contributed by atoms with Crippen LogP contribution in [0.4, 0.5) is 8.78 Å². The summed E-state index contributed by atoms with van der Waals surface area (Å²) in [5, 5.41) is 15.4. The van der Waals surface area contributed by atoms with Crippen LogP contribution in [0, 0.1) is 16.8 Å². The van der Waals surface area contributed by atoms with Gasteiger partial charge in [0.2, 0.25) is 0 Å². The highest BCUT2D eigenvalue weighted by molar-refractivity contribution is 6.30. The number of hydrogen-bond acceptors (Lipinski definition) is 3. The van der Waals surface area contributed by atoms with Crippen LogP contribution in [0.2, 0.25) is 5.02 Å². The Morgan fingerprint density at radius 2 is 1.76 bits per heavy atom. The summed E-state index contributed by atoms with van der Waals surface area (Å²) < 4.78 is 33.3. The van der Waals surface area contributed by atoms with Crippen molar-refractivity contribution in [1.82, 2.24) is 5.32 Å². The molecule has 5 nitrogen and oxygen atoms in total. The summed E-state index contributed by atoms with van der Waals surface area (Å²) in [6, 6.07) is 13.6. The van der Waals surface area contributed by atoms with Crippen LogP contribution in [-0.2, 0) is 4.79 Å². The van der Waals surface area contributed by atoms with Crippen LogP contribution in [0.3, 0.4) is 0 Å². The molecule has 2 unspecified atom stereocenters. The van der Waals surface area contributed by atoms with Gasteiger partial charge in [-0.3, -0.25) is 4.79 Å². The van der Waals surface area contributed by atoms with Crippen molar-refractivity contribution < 1.29 is 23.0 Å². The Kier molecular flexibility index (Phi) is 7.53. The average Bonchev–Trinajstić information content (AvgIpc) is 2.73. The van der Waals surface area contributed by atoms with Gasteiger partial charge in [0.05, 0.1) is 0 Å². The van der Waals surface area contributed by atoms with Crippen molar-refractivity contribution in [2.75, 3.05) is 6.54 Å². The van der Waals surface area contributed by atoms with Crippen molar-refractivity contribution in [2.24, 2.45) is 0 Å². The van der Waals surface area contributed by atoms with Crippen molar-refractivity contribution in [3.8, 4) is 5.75 Å². The molecule has 0 aliphatic heterocycles. The Balaban J connectivity index is 1.79. The van der Waals surface area contributed by atoms with E-state index in [9.17, 15) is 18.8 Å². The number of hydrogen-bond donors (Lipinski definition) is 1. The van der Waals surface area contributed by atoms with E-state index < -0.39 is 23.1 Å². The second-order valence-electron chi connectivity index (χ2n) is 8.37. The standard InChI is InChI=1S/C25H25ClF2N2O3/c1-16(17-6-8-19(26)9-7-17)23(18-5-4-10-30(32)15-18)14-29-24(31)25(2,3)33-22-12-20(27)11-21(28)13-22/h4-13,15-16,23H,14H2,1-3H3,(H,29,31). The lowest BCUT2D eigenvalue weighted by Crippen LogP contribution is -2.48. The molecule has 174 valence electrons. The number of carbonyl (C=O) groups is 1. The molecule has 8 heteroatoms. The lowest BCUT2D eigenvalue weighted by Gasteiger charge is -2.29. The number of ether oxygens (including phenoxy) is 1. The SMILES string of the molecule is CC(c1ccc(Cl)cc1)C(CNC(=O)C(C)(C)Oc1cc(F)cc(F)c1)c1ccc[n+]([O-])c1. The zero-order valence-corrected chi connectivity index (χ0v) is 19.3. The number of carbonyl (C=O) groups excluding carboxylic acids is 1. The van der Waals surface area contributed by atoms with Gasteiger partial charge in [0.15, 0.2) is 18.0 Å². The molecule has 1 N–H and O–H groups in total. The van der Waals surface area contributed by atoms with E-state index in [1.54, 1.807) is 18.2 Å². The minimum Gasteiger partial charge on any atom is -0.619 e. The predicted octanol–water partition coefficient (Wildman–Crippen LogP) is 5.11. The highest BCUT2D eigenvalue weighted by Crippen LogP contribution is 2.32. The van der Waals surface area contributed by atoms with Crippen molar-refractivity contribution in [2.45, 2.75) is 38.2 Å². The van der Waals surface area contributed by atoms with Crippen molar-refractivity contribution in [3.05, 3.63) is 100.0 Å². The highest BCUT2D eigenvalue weighted by Gasteiger charge is 2.32. The Bertz CT molecular complexity index is 1100. The Hall–Kier alpha value is -3.19. The smallest absolute Gasteiger partial charge is 0.263 e. The zero-order valence-electron chi connectivity index (χ0n) is 18.5. The number of amides is 1. The van der Waals surface area contributed by atoms with Crippen LogP contribution in [0.15, 0.2) is 67.0 Å². The molecule has 0 bridgehead atoms. The van der Waals surface area contributed by atoms with Crippen LogP contribution in [0.25, 0.3) is 0 Å². The van der Waals surface area contributed by atoms with Gasteiger partial charge in [-0.25, -0.2) is 8.78 Å². The number of nitrogens with one attached hydrogen (secondary N) is 1. The van der Waals surface area contributed by atoms with Gasteiger partial charge in [-0.15, -0.1) is 0 Å². The van der Waals surface area contributed by atoms with Gasteiger partial charge >= 0.3 is 0 Å². The molecule has 33 heavy (non-hydrogen) atoms. The van der Waals surface area contributed by atoms with Crippen molar-refractivity contribution in [1.29, 1.82) is 0 Å². The fourth-order valence-corrected chi connectivity index (χ4v) is 3.74. The summed E-state index contributed by atoms with van der Waals surface area (Å²) in [5.41, 5.74) is 0.343. The van der Waals surface area contributed by atoms with Crippen LogP contribution >= 0.6 is 11.6 Å². The summed E-state index contributed by atoms with van der Waals surface area (Å²) in [5.74, 6) is -2.45. The van der Waals surface area contributed by atoms with Gasteiger partial charge in [-0.2, -0.15) is 4.73 Å². The second kappa shape index (κ2) is 10.2. The fraction of sp³-hybridized carbons (Fsp3) is 0.280. The maximum Gasteiger partial charge on any atom is 0.263 e. The van der Waals surface area contributed by atoms with E-state index in [-0.39, 0.29) is 24.1 Å². The molecule has 1 heterocycles. The van der Waals surface area contributed by atoms with Crippen LogP contribution < -0.4 is 14.8 Å². The largest absolute Gasteiger partial charge is 0.619 e. The summed E-state index contributed by atoms with van der Waals surface area (Å²) in [6.45, 7) is 5.23. The minimum atomic E-state index is -1.40. The normalized spacial score (nSPS) is 13.3. The monoisotopic (exact) mass is 474 g/mol. The molecule has 3 aromatic rings. The molecule has 0 spiro atoms. The van der Waals surface area contributed by atoms with E-state index in [1.165, 1.54) is 26.2 Å². The van der Waals surface area contributed by atoms with Crippen molar-refractivity contribution >= 4 is 17.5 Å². The Morgan fingerprint density at radius 1 is 1.12 bits per heavy atom. The quantitative estimate of drug-likeness (QED) is 0.364. The number of halogens is 3. The first-order chi connectivity index (χ1) is 15.5. The summed E-state index contributed by atoms with van der Waals surface area (Å²) in [4.78, 5) is 12.9. The van der Waals surface area contributed by atoms with Crippen LogP contribution in [0.1, 0.15) is 43.7 Å². The topological polar surface area (TPSA) is 65.3 Å². The molecule has 0 aliphatic carbocycles. The fourth-order valence-electron chi connectivity index (χ4n) is 3.62. The third-order valence-electron chi connectivity index (χ3n) is 5.46. The number of nitrogens with zero attached hydrogens (tertiary/aromatic N) is 1. The Morgan fingerprint density at radius 3 is 2.36 bits per heavy atom. The number of aromatic nitrogens is 1. The first kappa shape index (κ1) is 24.5. The molecule has 2 aromatic carbocycles. The molecule has 0 aliphatic rings. The first-order valence-electron chi connectivity index (χ1n) is 10.4. The van der Waals surface area contributed by atoms with Gasteiger partial charge in [0.25, 0.3) is 5.91 Å². The zero-order chi connectivity index (χ0) is 24.2. The van der Waals surface area contributed by atoms with Crippen LogP contribution in [0.5, 0.6) is 5.75 Å². The third-order valence-corrected chi connectivity index (χ3v) is 5.72. The van der Waals surface area contributed by atoms with E-state index in [1.807, 2.05) is 25.1 Å². The predicted molar refractivity (Wildman–Crippen MR) is 122 cm³/mol. The second-order valence-corrected chi connectivity index (χ2v) is 8.81. The van der Waals surface area contributed by atoms with E-state index >= 15 is 0 Å². The number of rotatable bonds is 8. The average molecular weight is 475 g/mol. The molecule has 0 saturated heterocycles. The van der Waals surface area contributed by atoms with E-state index in [2.05, 4.69) is 5.32 Å². The molecular weight excluding hydrogens is 450 g/mol. The third kappa shape index (κ3) is 6.42. The molecule has 2 atom stereocenters.